The number of hydrogen-bond acceptors (Lipinski definition) is 4. The van der Waals surface area contributed by atoms with Crippen molar-refractivity contribution in [3.05, 3.63) is 59.7 Å². The van der Waals surface area contributed by atoms with E-state index in [0.29, 0.717) is 17.4 Å². The molecule has 2 aromatic carbocycles. The number of nitrogens with one attached hydrogen (secondary N) is 1. The van der Waals surface area contributed by atoms with Crippen LogP contribution in [-0.2, 0) is 4.79 Å². The molecule has 2 atom stereocenters. The lowest BCUT2D eigenvalue weighted by Gasteiger charge is -2.34. The summed E-state index contributed by atoms with van der Waals surface area (Å²) in [6, 6.07) is 16.5. The molecule has 1 N–H and O–H groups in total. The lowest BCUT2D eigenvalue weighted by Crippen LogP contribution is -2.46. The van der Waals surface area contributed by atoms with Crippen LogP contribution in [0, 0.1) is 5.92 Å². The second-order valence-corrected chi connectivity index (χ2v) is 11.4. The van der Waals surface area contributed by atoms with Crippen LogP contribution >= 0.6 is 0 Å². The van der Waals surface area contributed by atoms with Gasteiger partial charge in [-0.2, -0.15) is 0 Å². The van der Waals surface area contributed by atoms with E-state index in [4.69, 9.17) is 0 Å². The summed E-state index contributed by atoms with van der Waals surface area (Å²) in [7, 11) is 4.09. The Morgan fingerprint density at radius 1 is 0.838 bits per heavy atom. The summed E-state index contributed by atoms with van der Waals surface area (Å²) in [5, 5.41) is 3.04. The number of rotatable bonds is 6. The predicted octanol–water partition coefficient (Wildman–Crippen LogP) is 5.37. The van der Waals surface area contributed by atoms with Crippen LogP contribution < -0.4 is 10.2 Å². The minimum atomic E-state index is -0.0716. The van der Waals surface area contributed by atoms with Gasteiger partial charge in [0.1, 0.15) is 0 Å². The first kappa shape index (κ1) is 25.8. The molecule has 1 aliphatic carbocycles. The van der Waals surface area contributed by atoms with Gasteiger partial charge in [0.25, 0.3) is 5.91 Å². The lowest BCUT2D eigenvalue weighted by molar-refractivity contribution is -0.137. The van der Waals surface area contributed by atoms with Crippen LogP contribution in [0.2, 0.25) is 0 Å². The molecule has 5 rings (SSSR count). The maximum Gasteiger partial charge on any atom is 0.255 e. The van der Waals surface area contributed by atoms with E-state index in [2.05, 4.69) is 46.4 Å². The molecule has 2 heterocycles. The van der Waals surface area contributed by atoms with Gasteiger partial charge in [0.15, 0.2) is 0 Å². The maximum absolute atomic E-state index is 13.1. The van der Waals surface area contributed by atoms with E-state index in [1.54, 1.807) is 0 Å². The Balaban J connectivity index is 1.13. The zero-order valence-electron chi connectivity index (χ0n) is 22.5. The van der Waals surface area contributed by atoms with Gasteiger partial charge in [-0.15, -0.1) is 0 Å². The summed E-state index contributed by atoms with van der Waals surface area (Å²) in [6.45, 7) is 3.75. The molecule has 6 heteroatoms. The third kappa shape index (κ3) is 6.18. The topological polar surface area (TPSA) is 55.9 Å². The van der Waals surface area contributed by atoms with Crippen molar-refractivity contribution in [2.75, 3.05) is 50.5 Å². The number of hydrogen-bond donors (Lipinski definition) is 1. The molecule has 198 valence electrons. The average Bonchev–Trinajstić information content (AvgIpc) is 3.44. The fraction of sp³-hybridized carbons (Fsp3) is 0.548. The molecule has 0 aromatic heterocycles. The Bertz CT molecular complexity index is 1060. The van der Waals surface area contributed by atoms with Crippen LogP contribution in [0.4, 0.5) is 11.4 Å². The lowest BCUT2D eigenvalue weighted by atomic mass is 9.84. The average molecular weight is 503 g/mol. The summed E-state index contributed by atoms with van der Waals surface area (Å²) >= 11 is 0. The predicted molar refractivity (Wildman–Crippen MR) is 150 cm³/mol. The molecule has 1 saturated carbocycles. The molecule has 6 nitrogen and oxygen atoms in total. The maximum atomic E-state index is 13.1. The van der Waals surface area contributed by atoms with Gasteiger partial charge in [0.2, 0.25) is 5.91 Å². The van der Waals surface area contributed by atoms with Gasteiger partial charge in [0.05, 0.1) is 12.0 Å². The normalized spacial score (nSPS) is 23.1. The zero-order chi connectivity index (χ0) is 25.8. The number of carbonyl (C=O) groups excluding carboxylic acids is 2. The van der Waals surface area contributed by atoms with E-state index in [0.717, 1.165) is 56.8 Å². The number of piperidine rings is 1. The third-order valence-corrected chi connectivity index (χ3v) is 8.77. The summed E-state index contributed by atoms with van der Waals surface area (Å²) in [6.07, 6.45) is 9.60. The van der Waals surface area contributed by atoms with Crippen LogP contribution in [0.3, 0.4) is 0 Å². The second kappa shape index (κ2) is 11.7. The minimum absolute atomic E-state index is 0.0716. The molecule has 1 unspecified atom stereocenters. The van der Waals surface area contributed by atoms with Crippen molar-refractivity contribution in [3.8, 4) is 0 Å². The molecule has 3 aliphatic rings. The van der Waals surface area contributed by atoms with Crippen LogP contribution in [0.15, 0.2) is 48.5 Å². The van der Waals surface area contributed by atoms with E-state index < -0.39 is 0 Å². The highest BCUT2D eigenvalue weighted by molar-refractivity contribution is 6.04. The Hall–Kier alpha value is -2.86. The molecule has 0 bridgehead atoms. The van der Waals surface area contributed by atoms with E-state index in [9.17, 15) is 9.59 Å². The first-order valence-electron chi connectivity index (χ1n) is 14.2. The molecule has 3 fully saturated rings. The largest absolute Gasteiger partial charge is 0.369 e. The number of nitrogens with zero attached hydrogens (tertiary/aromatic N) is 3. The van der Waals surface area contributed by atoms with Crippen LogP contribution in [0.1, 0.15) is 73.2 Å². The monoisotopic (exact) mass is 502 g/mol. The van der Waals surface area contributed by atoms with Crippen molar-refractivity contribution < 1.29 is 9.59 Å². The van der Waals surface area contributed by atoms with E-state index in [1.165, 1.54) is 37.7 Å². The molecular weight excluding hydrogens is 460 g/mol. The first-order chi connectivity index (χ1) is 18.0. The van der Waals surface area contributed by atoms with Gasteiger partial charge in [-0.1, -0.05) is 31.4 Å². The van der Waals surface area contributed by atoms with Gasteiger partial charge in [-0.05, 0) is 93.6 Å². The van der Waals surface area contributed by atoms with Crippen LogP contribution in [0.5, 0.6) is 0 Å². The van der Waals surface area contributed by atoms with Crippen molar-refractivity contribution in [2.45, 2.75) is 63.3 Å². The SMILES string of the molecule is CN1CCCC(C(=O)N(C)[C@@H]2CCN(c3ccc(NC(=O)c4ccc(C5CCCCC5)cc4)cc3)C2)C1. The number of benzene rings is 2. The van der Waals surface area contributed by atoms with E-state index in [-0.39, 0.29) is 17.9 Å². The van der Waals surface area contributed by atoms with Crippen molar-refractivity contribution in [3.63, 3.8) is 0 Å². The zero-order valence-corrected chi connectivity index (χ0v) is 22.5. The molecule has 0 radical (unpaired) electrons. The molecule has 37 heavy (non-hydrogen) atoms. The Labute approximate surface area is 222 Å². The molecule has 2 amide bonds. The summed E-state index contributed by atoms with van der Waals surface area (Å²) in [5.74, 6) is 1.00. The van der Waals surface area contributed by atoms with E-state index >= 15 is 0 Å². The quantitative estimate of drug-likeness (QED) is 0.577. The highest BCUT2D eigenvalue weighted by Crippen LogP contribution is 2.32. The number of anilines is 2. The fourth-order valence-electron chi connectivity index (χ4n) is 6.43. The number of amides is 2. The summed E-state index contributed by atoms with van der Waals surface area (Å²) in [5.41, 5.74) is 4.00. The number of carbonyl (C=O) groups is 2. The third-order valence-electron chi connectivity index (χ3n) is 8.77. The number of likely N-dealkylation sites (N-methyl/N-ethyl adjacent to an activating group) is 1. The van der Waals surface area contributed by atoms with Crippen molar-refractivity contribution in [1.29, 1.82) is 0 Å². The van der Waals surface area contributed by atoms with Gasteiger partial charge in [0, 0.05) is 43.6 Å². The first-order valence-corrected chi connectivity index (χ1v) is 14.2. The Morgan fingerprint density at radius 2 is 1.57 bits per heavy atom. The molecule has 2 saturated heterocycles. The summed E-state index contributed by atoms with van der Waals surface area (Å²) < 4.78 is 0. The highest BCUT2D eigenvalue weighted by Gasteiger charge is 2.33. The van der Waals surface area contributed by atoms with E-state index in [1.807, 2.05) is 36.2 Å². The second-order valence-electron chi connectivity index (χ2n) is 11.4. The van der Waals surface area contributed by atoms with Gasteiger partial charge < -0.3 is 20.0 Å². The van der Waals surface area contributed by atoms with Crippen molar-refractivity contribution >= 4 is 23.2 Å². The van der Waals surface area contributed by atoms with Gasteiger partial charge in [-0.3, -0.25) is 9.59 Å². The standard InChI is InChI=1S/C31H42N4O2/c1-33-19-6-9-26(21-33)31(37)34(2)29-18-20-35(22-29)28-16-14-27(15-17-28)32-30(36)25-12-10-24(11-13-25)23-7-4-3-5-8-23/h10-17,23,26,29H,3-9,18-22H2,1-2H3,(H,32,36)/t26?,29-/m1/s1. The summed E-state index contributed by atoms with van der Waals surface area (Å²) in [4.78, 5) is 32.5. The molecule has 2 aliphatic heterocycles. The van der Waals surface area contributed by atoms with Crippen LogP contribution in [0.25, 0.3) is 0 Å². The molecule has 2 aromatic rings. The smallest absolute Gasteiger partial charge is 0.255 e. The fourth-order valence-corrected chi connectivity index (χ4v) is 6.43. The Morgan fingerprint density at radius 3 is 2.27 bits per heavy atom. The molecular formula is C31H42N4O2. The van der Waals surface area contributed by atoms with Crippen molar-refractivity contribution in [2.24, 2.45) is 5.92 Å². The van der Waals surface area contributed by atoms with Crippen LogP contribution in [-0.4, -0.2) is 67.9 Å². The number of likely N-dealkylation sites (tertiary alicyclic amines) is 1. The minimum Gasteiger partial charge on any atom is -0.369 e. The van der Waals surface area contributed by atoms with Crippen molar-refractivity contribution in [1.82, 2.24) is 9.80 Å². The van der Waals surface area contributed by atoms with Gasteiger partial charge in [-0.25, -0.2) is 0 Å². The van der Waals surface area contributed by atoms with Gasteiger partial charge >= 0.3 is 0 Å². The highest BCUT2D eigenvalue weighted by atomic mass is 16.2. The molecule has 0 spiro atoms. The Kier molecular flexibility index (Phi) is 8.14.